The molecule has 0 atom stereocenters. The highest BCUT2D eigenvalue weighted by molar-refractivity contribution is 6.00. The number of carbonyl (C=O) groups excluding carboxylic acids is 1. The van der Waals surface area contributed by atoms with Crippen molar-refractivity contribution in [2.45, 2.75) is 6.92 Å². The first-order valence-electron chi connectivity index (χ1n) is 7.29. The highest BCUT2D eigenvalue weighted by atomic mass is 16.5. The molecule has 1 heterocycles. The molecule has 0 unspecified atom stereocenters. The zero-order valence-electron chi connectivity index (χ0n) is 12.9. The topological polar surface area (TPSA) is 87.7 Å². The maximum Gasteiger partial charge on any atom is 0.293 e. The molecule has 0 radical (unpaired) electrons. The Morgan fingerprint density at radius 3 is 2.54 bits per heavy atom. The number of carbonyl (C=O) groups is 1. The van der Waals surface area contributed by atoms with Crippen LogP contribution in [0.3, 0.4) is 0 Å². The Kier molecular flexibility index (Phi) is 4.38. The first-order chi connectivity index (χ1) is 11.6. The van der Waals surface area contributed by atoms with Crippen molar-refractivity contribution in [3.05, 3.63) is 71.9 Å². The molecule has 6 heteroatoms. The van der Waals surface area contributed by atoms with Gasteiger partial charge in [-0.1, -0.05) is 35.5 Å². The average molecular weight is 321 g/mol. The van der Waals surface area contributed by atoms with Gasteiger partial charge in [0.2, 0.25) is 0 Å². The number of nitrogens with zero attached hydrogens (tertiary/aromatic N) is 2. The van der Waals surface area contributed by atoms with Gasteiger partial charge in [-0.15, -0.1) is 0 Å². The van der Waals surface area contributed by atoms with Crippen LogP contribution in [0, 0.1) is 0 Å². The molecular formula is C18H15N3O3. The molecule has 0 bridgehead atoms. The molecule has 120 valence electrons. The highest BCUT2D eigenvalue weighted by Gasteiger charge is 2.13. The second-order valence-corrected chi connectivity index (χ2v) is 5.13. The molecule has 3 aromatic rings. The Morgan fingerprint density at radius 1 is 1.12 bits per heavy atom. The van der Waals surface area contributed by atoms with E-state index in [1.54, 1.807) is 37.3 Å². The van der Waals surface area contributed by atoms with Gasteiger partial charge in [-0.2, -0.15) is 5.10 Å². The minimum atomic E-state index is -0.459. The quantitative estimate of drug-likeness (QED) is 0.570. The van der Waals surface area contributed by atoms with Gasteiger partial charge >= 0.3 is 0 Å². The number of hydrogen-bond donors (Lipinski definition) is 2. The molecule has 3 rings (SSSR count). The lowest BCUT2D eigenvalue weighted by molar-refractivity contribution is 0.0946. The van der Waals surface area contributed by atoms with E-state index >= 15 is 0 Å². The summed E-state index contributed by atoms with van der Waals surface area (Å²) in [6, 6.07) is 17.5. The van der Waals surface area contributed by atoms with Gasteiger partial charge in [0.15, 0.2) is 11.5 Å². The summed E-state index contributed by atoms with van der Waals surface area (Å²) in [6.07, 6.45) is 0. The lowest BCUT2D eigenvalue weighted by atomic mass is 10.1. The molecule has 2 aromatic carbocycles. The molecule has 1 amide bonds. The van der Waals surface area contributed by atoms with Crippen LogP contribution in [0.2, 0.25) is 0 Å². The number of phenols is 1. The Bertz CT molecular complexity index is 868. The van der Waals surface area contributed by atoms with Crippen LogP contribution >= 0.6 is 0 Å². The average Bonchev–Trinajstić information content (AvgIpc) is 3.11. The summed E-state index contributed by atoms with van der Waals surface area (Å²) in [7, 11) is 0. The molecule has 0 fully saturated rings. The number of aromatic nitrogens is 1. The van der Waals surface area contributed by atoms with Crippen molar-refractivity contribution in [1.82, 2.24) is 10.6 Å². The fraction of sp³-hybridized carbons (Fsp3) is 0.0556. The van der Waals surface area contributed by atoms with Crippen molar-refractivity contribution < 1.29 is 14.4 Å². The molecule has 0 saturated heterocycles. The van der Waals surface area contributed by atoms with E-state index in [1.807, 2.05) is 30.3 Å². The van der Waals surface area contributed by atoms with Crippen molar-refractivity contribution in [2.75, 3.05) is 0 Å². The molecule has 6 nitrogen and oxygen atoms in total. The lowest BCUT2D eigenvalue weighted by Gasteiger charge is -2.01. The van der Waals surface area contributed by atoms with Crippen molar-refractivity contribution >= 4 is 11.6 Å². The van der Waals surface area contributed by atoms with Gasteiger partial charge in [-0.3, -0.25) is 4.79 Å². The van der Waals surface area contributed by atoms with Gasteiger partial charge in [0.1, 0.15) is 5.75 Å². The number of rotatable bonds is 4. The minimum Gasteiger partial charge on any atom is -0.508 e. The summed E-state index contributed by atoms with van der Waals surface area (Å²) in [5.74, 6) is 0.227. The van der Waals surface area contributed by atoms with E-state index in [4.69, 9.17) is 4.52 Å². The highest BCUT2D eigenvalue weighted by Crippen LogP contribution is 2.19. The van der Waals surface area contributed by atoms with Crippen LogP contribution in [0.15, 0.2) is 70.3 Å². The van der Waals surface area contributed by atoms with E-state index in [2.05, 4.69) is 15.7 Å². The van der Waals surface area contributed by atoms with E-state index in [0.717, 1.165) is 11.1 Å². The molecular weight excluding hydrogens is 306 g/mol. The second-order valence-electron chi connectivity index (χ2n) is 5.13. The minimum absolute atomic E-state index is 0.149. The number of aromatic hydroxyl groups is 1. The van der Waals surface area contributed by atoms with Crippen LogP contribution in [0.5, 0.6) is 5.75 Å². The van der Waals surface area contributed by atoms with Gasteiger partial charge < -0.3 is 9.63 Å². The van der Waals surface area contributed by atoms with Crippen molar-refractivity contribution in [2.24, 2.45) is 5.10 Å². The normalized spacial score (nSPS) is 11.3. The number of phenolic OH excluding ortho intramolecular Hbond substituents is 1. The van der Waals surface area contributed by atoms with Gasteiger partial charge in [0.25, 0.3) is 5.91 Å². The molecule has 0 saturated carbocycles. The fourth-order valence-corrected chi connectivity index (χ4v) is 2.08. The van der Waals surface area contributed by atoms with E-state index in [9.17, 15) is 9.90 Å². The summed E-state index contributed by atoms with van der Waals surface area (Å²) in [5, 5.41) is 17.1. The Balaban J connectivity index is 1.70. The molecule has 0 aliphatic carbocycles. The number of amides is 1. The molecule has 24 heavy (non-hydrogen) atoms. The molecule has 0 spiro atoms. The third kappa shape index (κ3) is 3.49. The Hall–Kier alpha value is -3.41. The first-order valence-corrected chi connectivity index (χ1v) is 7.29. The molecule has 2 N–H and O–H groups in total. The smallest absolute Gasteiger partial charge is 0.293 e. The predicted octanol–water partition coefficient (Wildman–Crippen LogP) is 3.20. The molecule has 0 aliphatic heterocycles. The summed E-state index contributed by atoms with van der Waals surface area (Å²) < 4.78 is 5.19. The summed E-state index contributed by atoms with van der Waals surface area (Å²) in [6.45, 7) is 1.75. The maximum atomic E-state index is 12.1. The van der Waals surface area contributed by atoms with Crippen LogP contribution in [-0.2, 0) is 0 Å². The zero-order valence-corrected chi connectivity index (χ0v) is 12.9. The summed E-state index contributed by atoms with van der Waals surface area (Å²) in [4.78, 5) is 12.1. The third-order valence-electron chi connectivity index (χ3n) is 3.41. The summed E-state index contributed by atoms with van der Waals surface area (Å²) >= 11 is 0. The standard InChI is InChI=1S/C18H15N3O3/c1-12(13-7-9-15(22)10-8-13)19-20-18(23)16-11-17(24-21-16)14-5-3-2-4-6-14/h2-11,22H,1H3,(H,20,23)/b19-12+. The number of benzene rings is 2. The van der Waals surface area contributed by atoms with Crippen LogP contribution in [-0.4, -0.2) is 21.9 Å². The maximum absolute atomic E-state index is 12.1. The molecule has 0 aliphatic rings. The second kappa shape index (κ2) is 6.78. The van der Waals surface area contributed by atoms with Crippen LogP contribution < -0.4 is 5.43 Å². The lowest BCUT2D eigenvalue weighted by Crippen LogP contribution is -2.19. The number of nitrogens with one attached hydrogen (secondary N) is 1. The van der Waals surface area contributed by atoms with Crippen molar-refractivity contribution in [1.29, 1.82) is 0 Å². The van der Waals surface area contributed by atoms with Gasteiger partial charge in [0, 0.05) is 11.6 Å². The van der Waals surface area contributed by atoms with Gasteiger partial charge in [-0.25, -0.2) is 5.43 Å². The van der Waals surface area contributed by atoms with Crippen molar-refractivity contribution in [3.8, 4) is 17.1 Å². The Morgan fingerprint density at radius 2 is 1.83 bits per heavy atom. The van der Waals surface area contributed by atoms with E-state index < -0.39 is 5.91 Å². The van der Waals surface area contributed by atoms with E-state index in [-0.39, 0.29) is 11.4 Å². The van der Waals surface area contributed by atoms with Gasteiger partial charge in [-0.05, 0) is 36.8 Å². The largest absolute Gasteiger partial charge is 0.508 e. The Labute approximate surface area is 138 Å². The van der Waals surface area contributed by atoms with E-state index in [0.29, 0.717) is 11.5 Å². The summed E-state index contributed by atoms with van der Waals surface area (Å²) in [5.41, 5.74) is 4.83. The van der Waals surface area contributed by atoms with E-state index in [1.165, 1.54) is 0 Å². The monoisotopic (exact) mass is 321 g/mol. The van der Waals surface area contributed by atoms with Gasteiger partial charge in [0.05, 0.1) is 5.71 Å². The fourth-order valence-electron chi connectivity index (χ4n) is 2.08. The van der Waals surface area contributed by atoms with Crippen LogP contribution in [0.4, 0.5) is 0 Å². The number of hydrogen-bond acceptors (Lipinski definition) is 5. The zero-order chi connectivity index (χ0) is 16.9. The molecule has 1 aromatic heterocycles. The first kappa shape index (κ1) is 15.5. The SMILES string of the molecule is C/C(=N\NC(=O)c1cc(-c2ccccc2)on1)c1ccc(O)cc1. The van der Waals surface area contributed by atoms with Crippen LogP contribution in [0.25, 0.3) is 11.3 Å². The van der Waals surface area contributed by atoms with Crippen molar-refractivity contribution in [3.63, 3.8) is 0 Å². The van der Waals surface area contributed by atoms with Crippen LogP contribution in [0.1, 0.15) is 23.0 Å². The predicted molar refractivity (Wildman–Crippen MR) is 89.7 cm³/mol. The number of hydrazone groups is 1. The third-order valence-corrected chi connectivity index (χ3v) is 3.41.